The molecule has 8 heteroatoms. The molecule has 0 aliphatic rings. The summed E-state index contributed by atoms with van der Waals surface area (Å²) < 4.78 is 36.1. The SMILES string of the molecule is COCc1ccc(C(=O)Nc2ccc(OC)c(S(=O)(=O)N(C)C)c2)cc1. The monoisotopic (exact) mass is 378 g/mol. The number of nitrogens with one attached hydrogen (secondary N) is 1. The van der Waals surface area contributed by atoms with Crippen molar-refractivity contribution in [2.24, 2.45) is 0 Å². The number of ether oxygens (including phenoxy) is 2. The van der Waals surface area contributed by atoms with Gasteiger partial charge in [0.1, 0.15) is 10.6 Å². The number of hydrogen-bond donors (Lipinski definition) is 1. The van der Waals surface area contributed by atoms with Crippen molar-refractivity contribution in [3.05, 3.63) is 53.6 Å². The van der Waals surface area contributed by atoms with Crippen LogP contribution < -0.4 is 10.1 Å². The first-order valence-corrected chi connectivity index (χ1v) is 9.23. The van der Waals surface area contributed by atoms with Crippen molar-refractivity contribution in [2.45, 2.75) is 11.5 Å². The second kappa shape index (κ2) is 8.31. The van der Waals surface area contributed by atoms with Crippen LogP contribution in [0, 0.1) is 0 Å². The number of anilines is 1. The Balaban J connectivity index is 2.28. The molecule has 0 saturated heterocycles. The van der Waals surface area contributed by atoms with Crippen LogP contribution in [0.5, 0.6) is 5.75 Å². The highest BCUT2D eigenvalue weighted by Crippen LogP contribution is 2.29. The van der Waals surface area contributed by atoms with Crippen molar-refractivity contribution in [1.29, 1.82) is 0 Å². The van der Waals surface area contributed by atoms with Gasteiger partial charge in [0, 0.05) is 32.5 Å². The summed E-state index contributed by atoms with van der Waals surface area (Å²) in [5.74, 6) is -0.132. The molecule has 0 aliphatic heterocycles. The van der Waals surface area contributed by atoms with E-state index in [1.165, 1.54) is 33.3 Å². The highest BCUT2D eigenvalue weighted by atomic mass is 32.2. The zero-order valence-electron chi connectivity index (χ0n) is 15.1. The Morgan fingerprint density at radius 3 is 2.27 bits per heavy atom. The van der Waals surface area contributed by atoms with Gasteiger partial charge in [-0.15, -0.1) is 0 Å². The van der Waals surface area contributed by atoms with Crippen LogP contribution in [0.4, 0.5) is 5.69 Å². The Morgan fingerprint density at radius 1 is 1.08 bits per heavy atom. The van der Waals surface area contributed by atoms with Gasteiger partial charge in [-0.1, -0.05) is 12.1 Å². The van der Waals surface area contributed by atoms with E-state index in [1.807, 2.05) is 0 Å². The second-order valence-corrected chi connectivity index (χ2v) is 7.86. The van der Waals surface area contributed by atoms with Crippen LogP contribution in [0.3, 0.4) is 0 Å². The minimum Gasteiger partial charge on any atom is -0.495 e. The standard InChI is InChI=1S/C18H22N2O5S/c1-20(2)26(22,23)17-11-15(9-10-16(17)25-4)19-18(21)14-7-5-13(6-8-14)12-24-3/h5-11H,12H2,1-4H3,(H,19,21). The van der Waals surface area contributed by atoms with E-state index in [0.29, 0.717) is 17.9 Å². The molecule has 0 aliphatic carbocycles. The Bertz CT molecular complexity index is 877. The lowest BCUT2D eigenvalue weighted by Gasteiger charge is -2.16. The van der Waals surface area contributed by atoms with E-state index in [9.17, 15) is 13.2 Å². The van der Waals surface area contributed by atoms with Crippen molar-refractivity contribution in [3.8, 4) is 5.75 Å². The third-order valence-electron chi connectivity index (χ3n) is 3.71. The molecular formula is C18H22N2O5S. The molecule has 7 nitrogen and oxygen atoms in total. The molecule has 1 amide bonds. The molecule has 2 aromatic carbocycles. The van der Waals surface area contributed by atoms with Crippen LogP contribution in [-0.4, -0.2) is 46.9 Å². The fraction of sp³-hybridized carbons (Fsp3) is 0.278. The first-order chi connectivity index (χ1) is 12.3. The molecule has 2 rings (SSSR count). The fourth-order valence-corrected chi connectivity index (χ4v) is 3.35. The number of nitrogens with zero attached hydrogens (tertiary/aromatic N) is 1. The van der Waals surface area contributed by atoms with E-state index in [4.69, 9.17) is 9.47 Å². The number of sulfonamides is 1. The molecule has 26 heavy (non-hydrogen) atoms. The molecule has 140 valence electrons. The summed E-state index contributed by atoms with van der Waals surface area (Å²) in [4.78, 5) is 12.4. The number of amides is 1. The maximum atomic E-state index is 12.4. The van der Waals surface area contributed by atoms with Gasteiger partial charge in [0.15, 0.2) is 0 Å². The van der Waals surface area contributed by atoms with Gasteiger partial charge >= 0.3 is 0 Å². The summed E-state index contributed by atoms with van der Waals surface area (Å²) in [6.07, 6.45) is 0. The first kappa shape index (κ1) is 19.9. The van der Waals surface area contributed by atoms with Gasteiger partial charge in [0.25, 0.3) is 5.91 Å². The largest absolute Gasteiger partial charge is 0.495 e. The normalized spacial score (nSPS) is 11.4. The molecule has 0 fully saturated rings. The fourth-order valence-electron chi connectivity index (χ4n) is 2.28. The summed E-state index contributed by atoms with van der Waals surface area (Å²) in [5, 5.41) is 2.70. The third-order valence-corrected chi connectivity index (χ3v) is 5.54. The van der Waals surface area contributed by atoms with Crippen molar-refractivity contribution in [3.63, 3.8) is 0 Å². The average Bonchev–Trinajstić information content (AvgIpc) is 2.62. The van der Waals surface area contributed by atoms with E-state index in [-0.39, 0.29) is 16.6 Å². The number of benzene rings is 2. The van der Waals surface area contributed by atoms with E-state index in [0.717, 1.165) is 9.87 Å². The van der Waals surface area contributed by atoms with Gasteiger partial charge in [0.05, 0.1) is 13.7 Å². The smallest absolute Gasteiger partial charge is 0.255 e. The number of methoxy groups -OCH3 is 2. The van der Waals surface area contributed by atoms with Crippen LogP contribution in [-0.2, 0) is 21.4 Å². The van der Waals surface area contributed by atoms with E-state index in [1.54, 1.807) is 37.4 Å². The molecule has 0 unspecified atom stereocenters. The first-order valence-electron chi connectivity index (χ1n) is 7.79. The van der Waals surface area contributed by atoms with E-state index >= 15 is 0 Å². The minimum atomic E-state index is -3.71. The van der Waals surface area contributed by atoms with Gasteiger partial charge in [-0.25, -0.2) is 12.7 Å². The average molecular weight is 378 g/mol. The molecule has 1 N–H and O–H groups in total. The Kier molecular flexibility index (Phi) is 6.36. The lowest BCUT2D eigenvalue weighted by Crippen LogP contribution is -2.23. The quantitative estimate of drug-likeness (QED) is 0.799. The van der Waals surface area contributed by atoms with Crippen molar-refractivity contribution < 1.29 is 22.7 Å². The van der Waals surface area contributed by atoms with Gasteiger partial charge in [-0.3, -0.25) is 4.79 Å². The lowest BCUT2D eigenvalue weighted by molar-refractivity contribution is 0.102. The molecule has 0 saturated carbocycles. The Hall–Kier alpha value is -2.42. The van der Waals surface area contributed by atoms with Gasteiger partial charge in [-0.2, -0.15) is 0 Å². The Morgan fingerprint density at radius 2 is 1.73 bits per heavy atom. The molecule has 0 bridgehead atoms. The zero-order chi connectivity index (χ0) is 19.3. The maximum Gasteiger partial charge on any atom is 0.255 e. The van der Waals surface area contributed by atoms with E-state index in [2.05, 4.69) is 5.32 Å². The summed E-state index contributed by atoms with van der Waals surface area (Å²) in [5.41, 5.74) is 1.77. The molecule has 2 aromatic rings. The molecule has 0 spiro atoms. The zero-order valence-corrected chi connectivity index (χ0v) is 16.0. The van der Waals surface area contributed by atoms with Crippen LogP contribution in [0.15, 0.2) is 47.4 Å². The van der Waals surface area contributed by atoms with E-state index < -0.39 is 10.0 Å². The predicted molar refractivity (Wildman–Crippen MR) is 99.0 cm³/mol. The molecule has 0 radical (unpaired) electrons. The molecular weight excluding hydrogens is 356 g/mol. The van der Waals surface area contributed by atoms with Crippen LogP contribution in [0.25, 0.3) is 0 Å². The van der Waals surface area contributed by atoms with Crippen LogP contribution in [0.2, 0.25) is 0 Å². The van der Waals surface area contributed by atoms with Crippen LogP contribution >= 0.6 is 0 Å². The van der Waals surface area contributed by atoms with Gasteiger partial charge < -0.3 is 14.8 Å². The molecule has 0 heterocycles. The highest BCUT2D eigenvalue weighted by molar-refractivity contribution is 7.89. The van der Waals surface area contributed by atoms with Crippen molar-refractivity contribution in [2.75, 3.05) is 33.6 Å². The molecule has 0 atom stereocenters. The van der Waals surface area contributed by atoms with Crippen molar-refractivity contribution in [1.82, 2.24) is 4.31 Å². The summed E-state index contributed by atoms with van der Waals surface area (Å²) in [6, 6.07) is 11.4. The maximum absolute atomic E-state index is 12.4. The minimum absolute atomic E-state index is 0.0155. The Labute approximate surface area is 153 Å². The summed E-state index contributed by atoms with van der Waals surface area (Å²) in [6.45, 7) is 0.464. The summed E-state index contributed by atoms with van der Waals surface area (Å²) in [7, 11) is 2.15. The lowest BCUT2D eigenvalue weighted by atomic mass is 10.1. The van der Waals surface area contributed by atoms with Crippen LogP contribution in [0.1, 0.15) is 15.9 Å². The van der Waals surface area contributed by atoms with Crippen molar-refractivity contribution >= 4 is 21.6 Å². The number of hydrogen-bond acceptors (Lipinski definition) is 5. The predicted octanol–water partition coefficient (Wildman–Crippen LogP) is 2.34. The summed E-state index contributed by atoms with van der Waals surface area (Å²) >= 11 is 0. The second-order valence-electron chi connectivity index (χ2n) is 5.74. The highest BCUT2D eigenvalue weighted by Gasteiger charge is 2.23. The number of carbonyl (C=O) groups excluding carboxylic acids is 1. The molecule has 0 aromatic heterocycles. The third kappa shape index (κ3) is 4.40. The van der Waals surface area contributed by atoms with Gasteiger partial charge in [0.2, 0.25) is 10.0 Å². The van der Waals surface area contributed by atoms with Gasteiger partial charge in [-0.05, 0) is 35.9 Å². The number of rotatable bonds is 7. The topological polar surface area (TPSA) is 84.9 Å². The number of carbonyl (C=O) groups is 1.